The van der Waals surface area contributed by atoms with Gasteiger partial charge in [-0.15, -0.1) is 0 Å². The Hall–Kier alpha value is -3.17. The Bertz CT molecular complexity index is 1120. The maximum Gasteiger partial charge on any atom is 0.333 e. The summed E-state index contributed by atoms with van der Waals surface area (Å²) < 4.78 is 5.55. The molecule has 0 atom stereocenters. The van der Waals surface area contributed by atoms with E-state index in [1.54, 1.807) is 6.92 Å². The normalized spacial score (nSPS) is 14.1. The van der Waals surface area contributed by atoms with Crippen LogP contribution in [0.5, 0.6) is 0 Å². The second kappa shape index (κ2) is 11.3. The first-order chi connectivity index (χ1) is 16.5. The molecular formula is C31H34O3. The van der Waals surface area contributed by atoms with Crippen LogP contribution < -0.4 is 0 Å². The molecule has 0 bridgehead atoms. The van der Waals surface area contributed by atoms with Crippen molar-refractivity contribution in [1.82, 2.24) is 0 Å². The lowest BCUT2D eigenvalue weighted by Gasteiger charge is -2.22. The van der Waals surface area contributed by atoms with E-state index in [9.17, 15) is 4.79 Å². The Morgan fingerprint density at radius 3 is 2.21 bits per heavy atom. The van der Waals surface area contributed by atoms with Crippen molar-refractivity contribution in [1.29, 1.82) is 0 Å². The fourth-order valence-corrected chi connectivity index (χ4v) is 4.80. The lowest BCUT2D eigenvalue weighted by atomic mass is 9.83. The molecular weight excluding hydrogens is 420 g/mol. The minimum absolute atomic E-state index is 0.145. The first kappa shape index (κ1) is 24.0. The van der Waals surface area contributed by atoms with Gasteiger partial charge in [0.05, 0.1) is 0 Å². The van der Waals surface area contributed by atoms with Gasteiger partial charge in [0.1, 0.15) is 6.61 Å². The Morgan fingerprint density at radius 1 is 0.912 bits per heavy atom. The number of esters is 1. The van der Waals surface area contributed by atoms with Gasteiger partial charge in [-0.05, 0) is 77.1 Å². The van der Waals surface area contributed by atoms with E-state index in [-0.39, 0.29) is 19.2 Å². The third-order valence-electron chi connectivity index (χ3n) is 6.80. The van der Waals surface area contributed by atoms with Gasteiger partial charge in [-0.2, -0.15) is 0 Å². The largest absolute Gasteiger partial charge is 0.457 e. The van der Waals surface area contributed by atoms with Crippen LogP contribution in [0.25, 0.3) is 22.3 Å². The molecule has 1 fully saturated rings. The molecule has 0 amide bonds. The predicted molar refractivity (Wildman–Crippen MR) is 139 cm³/mol. The summed E-state index contributed by atoms with van der Waals surface area (Å²) in [4.78, 5) is 12.1. The molecule has 1 N–H and O–H groups in total. The molecule has 3 heteroatoms. The quantitative estimate of drug-likeness (QED) is 0.289. The van der Waals surface area contributed by atoms with Crippen LogP contribution in [-0.2, 0) is 22.6 Å². The van der Waals surface area contributed by atoms with Crippen molar-refractivity contribution in [3.63, 3.8) is 0 Å². The summed E-state index contributed by atoms with van der Waals surface area (Å²) >= 11 is 0. The molecule has 0 radical (unpaired) electrons. The van der Waals surface area contributed by atoms with Crippen molar-refractivity contribution in [2.75, 3.05) is 6.61 Å². The van der Waals surface area contributed by atoms with E-state index in [4.69, 9.17) is 9.84 Å². The molecule has 0 spiro atoms. The highest BCUT2D eigenvalue weighted by Crippen LogP contribution is 2.35. The number of hydrogen-bond acceptors (Lipinski definition) is 3. The van der Waals surface area contributed by atoms with Crippen molar-refractivity contribution in [2.24, 2.45) is 0 Å². The van der Waals surface area contributed by atoms with Gasteiger partial charge >= 0.3 is 5.97 Å². The second-order valence-corrected chi connectivity index (χ2v) is 9.36. The number of ether oxygens (including phenoxy) is 1. The highest BCUT2D eigenvalue weighted by molar-refractivity contribution is 5.87. The molecule has 0 aliphatic heterocycles. The molecule has 34 heavy (non-hydrogen) atoms. The van der Waals surface area contributed by atoms with Gasteiger partial charge in [-0.3, -0.25) is 0 Å². The zero-order valence-corrected chi connectivity index (χ0v) is 20.1. The van der Waals surface area contributed by atoms with Gasteiger partial charge in [0, 0.05) is 12.2 Å². The van der Waals surface area contributed by atoms with E-state index in [0.717, 1.165) is 33.4 Å². The van der Waals surface area contributed by atoms with E-state index in [2.05, 4.69) is 61.2 Å². The molecule has 3 aromatic rings. The van der Waals surface area contributed by atoms with Gasteiger partial charge in [-0.25, -0.2) is 4.79 Å². The molecule has 0 aromatic heterocycles. The second-order valence-electron chi connectivity index (χ2n) is 9.36. The van der Waals surface area contributed by atoms with E-state index >= 15 is 0 Å². The monoisotopic (exact) mass is 454 g/mol. The first-order valence-electron chi connectivity index (χ1n) is 12.3. The molecule has 3 nitrogen and oxygen atoms in total. The van der Waals surface area contributed by atoms with Crippen molar-refractivity contribution in [3.8, 4) is 22.3 Å². The molecule has 3 aromatic carbocycles. The van der Waals surface area contributed by atoms with E-state index in [1.807, 2.05) is 12.1 Å². The highest BCUT2D eigenvalue weighted by Gasteiger charge is 2.16. The minimum Gasteiger partial charge on any atom is -0.457 e. The molecule has 0 unspecified atom stereocenters. The summed E-state index contributed by atoms with van der Waals surface area (Å²) in [5.41, 5.74) is 8.27. The number of hydrogen-bond donors (Lipinski definition) is 1. The standard InChI is InChI=1S/C31H34O3/c1-22(2)31(33)34-21-29-20-28(26-10-8-23(9-11-26)18-19-32)16-17-30(29)27-14-12-25(13-15-27)24-6-4-3-5-7-24/h8-17,20,24,32H,1,3-7,18-19,21H2,2H3. The van der Waals surface area contributed by atoms with Gasteiger partial charge < -0.3 is 9.84 Å². The maximum atomic E-state index is 12.1. The van der Waals surface area contributed by atoms with E-state index in [0.29, 0.717) is 17.9 Å². The SMILES string of the molecule is C=C(C)C(=O)OCc1cc(-c2ccc(CCO)cc2)ccc1-c1ccc(C2CCCCC2)cc1. The summed E-state index contributed by atoms with van der Waals surface area (Å²) in [6, 6.07) is 23.5. The summed E-state index contributed by atoms with van der Waals surface area (Å²) in [5, 5.41) is 9.17. The van der Waals surface area contributed by atoms with Crippen LogP contribution in [-0.4, -0.2) is 17.7 Å². The van der Waals surface area contributed by atoms with E-state index in [1.165, 1.54) is 37.7 Å². The fraction of sp³-hybridized carbons (Fsp3) is 0.323. The topological polar surface area (TPSA) is 46.5 Å². The Labute approximate surface area is 203 Å². The molecule has 1 aliphatic carbocycles. The molecule has 0 heterocycles. The summed E-state index contributed by atoms with van der Waals surface area (Å²) in [6.45, 7) is 5.70. The minimum atomic E-state index is -0.377. The average Bonchev–Trinajstić information content (AvgIpc) is 2.88. The Kier molecular flexibility index (Phi) is 7.97. The smallest absolute Gasteiger partial charge is 0.333 e. The fourth-order valence-electron chi connectivity index (χ4n) is 4.80. The number of aliphatic hydroxyl groups is 1. The summed E-state index contributed by atoms with van der Waals surface area (Å²) in [6.07, 6.45) is 7.23. The van der Waals surface area contributed by atoms with Gasteiger partial charge in [-0.1, -0.05) is 86.5 Å². The maximum absolute atomic E-state index is 12.1. The first-order valence-corrected chi connectivity index (χ1v) is 12.3. The van der Waals surface area contributed by atoms with Crippen LogP contribution in [0.4, 0.5) is 0 Å². The molecule has 0 saturated heterocycles. The van der Waals surface area contributed by atoms with Crippen molar-refractivity contribution >= 4 is 5.97 Å². The van der Waals surface area contributed by atoms with E-state index < -0.39 is 0 Å². The van der Waals surface area contributed by atoms with Crippen molar-refractivity contribution < 1.29 is 14.6 Å². The van der Waals surface area contributed by atoms with Gasteiger partial charge in [0.25, 0.3) is 0 Å². The van der Waals surface area contributed by atoms with Crippen molar-refractivity contribution in [2.45, 2.75) is 58.0 Å². The third-order valence-corrected chi connectivity index (χ3v) is 6.80. The lowest BCUT2D eigenvalue weighted by molar-refractivity contribution is -0.140. The van der Waals surface area contributed by atoms with Gasteiger partial charge in [0.15, 0.2) is 0 Å². The summed E-state index contributed by atoms with van der Waals surface area (Å²) in [5.74, 6) is 0.298. The number of aliphatic hydroxyl groups excluding tert-OH is 1. The zero-order chi connectivity index (χ0) is 23.9. The van der Waals surface area contributed by atoms with Crippen LogP contribution >= 0.6 is 0 Å². The number of benzene rings is 3. The van der Waals surface area contributed by atoms with Crippen LogP contribution in [0.1, 0.15) is 61.6 Å². The Morgan fingerprint density at radius 2 is 1.56 bits per heavy atom. The number of rotatable bonds is 8. The van der Waals surface area contributed by atoms with Crippen molar-refractivity contribution in [3.05, 3.63) is 95.6 Å². The van der Waals surface area contributed by atoms with Crippen LogP contribution in [0.2, 0.25) is 0 Å². The molecule has 1 aliphatic rings. The number of carbonyl (C=O) groups is 1. The summed E-state index contributed by atoms with van der Waals surface area (Å²) in [7, 11) is 0. The third kappa shape index (κ3) is 5.84. The highest BCUT2D eigenvalue weighted by atomic mass is 16.5. The lowest BCUT2D eigenvalue weighted by Crippen LogP contribution is -2.06. The zero-order valence-electron chi connectivity index (χ0n) is 20.1. The molecule has 176 valence electrons. The Balaban J connectivity index is 1.63. The molecule has 4 rings (SSSR count). The van der Waals surface area contributed by atoms with Crippen LogP contribution in [0.15, 0.2) is 78.9 Å². The van der Waals surface area contributed by atoms with Gasteiger partial charge in [0.2, 0.25) is 0 Å². The average molecular weight is 455 g/mol. The van der Waals surface area contributed by atoms with Crippen LogP contribution in [0, 0.1) is 0 Å². The van der Waals surface area contributed by atoms with Crippen LogP contribution in [0.3, 0.4) is 0 Å². The number of carbonyl (C=O) groups excluding carboxylic acids is 1. The molecule has 1 saturated carbocycles. The predicted octanol–water partition coefficient (Wildman–Crippen LogP) is 7.22.